The zero-order chi connectivity index (χ0) is 19.4. The van der Waals surface area contributed by atoms with E-state index in [2.05, 4.69) is 4.98 Å². The van der Waals surface area contributed by atoms with Crippen LogP contribution in [0.4, 0.5) is 11.5 Å². The number of hydrogen-bond acceptors (Lipinski definition) is 5. The van der Waals surface area contributed by atoms with E-state index in [1.54, 1.807) is 24.3 Å². The minimum Gasteiger partial charge on any atom is -0.464 e. The first-order chi connectivity index (χ1) is 12.9. The lowest BCUT2D eigenvalue weighted by Gasteiger charge is -2.23. The van der Waals surface area contributed by atoms with E-state index in [4.69, 9.17) is 4.42 Å². The van der Waals surface area contributed by atoms with Gasteiger partial charge in [0.2, 0.25) is 0 Å². The summed E-state index contributed by atoms with van der Waals surface area (Å²) < 4.78 is 32.9. The fourth-order valence-electron chi connectivity index (χ4n) is 2.85. The Hall–Kier alpha value is -2.80. The molecule has 2 aromatic heterocycles. The molecule has 0 aliphatic carbocycles. The van der Waals surface area contributed by atoms with Crippen molar-refractivity contribution in [3.05, 3.63) is 72.3 Å². The standard InChI is InChI=1S/C20H23N3O3S/c1-4-23(17-8-6-5-7-9-17)27(24,25)19-12-13-20(21-14-19)22(3)15-18-11-10-16(2)26-18/h5-14H,4,15H2,1-3H3. The van der Waals surface area contributed by atoms with Gasteiger partial charge in [0.05, 0.1) is 12.2 Å². The second-order valence-electron chi connectivity index (χ2n) is 6.23. The number of aryl methyl sites for hydroxylation is 1. The lowest BCUT2D eigenvalue weighted by molar-refractivity contribution is 0.481. The van der Waals surface area contributed by atoms with Crippen LogP contribution in [0, 0.1) is 6.92 Å². The summed E-state index contributed by atoms with van der Waals surface area (Å²) in [7, 11) is -1.78. The molecule has 0 bridgehead atoms. The van der Waals surface area contributed by atoms with E-state index in [0.29, 0.717) is 24.6 Å². The Balaban J connectivity index is 1.81. The summed E-state index contributed by atoms with van der Waals surface area (Å²) in [5.74, 6) is 2.36. The first-order valence-electron chi connectivity index (χ1n) is 8.72. The summed E-state index contributed by atoms with van der Waals surface area (Å²) in [6, 6.07) is 16.2. The van der Waals surface area contributed by atoms with Crippen molar-refractivity contribution < 1.29 is 12.8 Å². The molecule has 27 heavy (non-hydrogen) atoms. The molecule has 0 fully saturated rings. The number of aromatic nitrogens is 1. The Labute approximate surface area is 160 Å². The van der Waals surface area contributed by atoms with Gasteiger partial charge in [0.15, 0.2) is 0 Å². The predicted molar refractivity (Wildman–Crippen MR) is 106 cm³/mol. The van der Waals surface area contributed by atoms with Gasteiger partial charge in [-0.2, -0.15) is 0 Å². The molecule has 2 heterocycles. The van der Waals surface area contributed by atoms with Crippen molar-refractivity contribution in [3.63, 3.8) is 0 Å². The van der Waals surface area contributed by atoms with E-state index in [-0.39, 0.29) is 4.90 Å². The quantitative estimate of drug-likeness (QED) is 0.618. The molecule has 6 nitrogen and oxygen atoms in total. The van der Waals surface area contributed by atoms with Crippen LogP contribution in [0.25, 0.3) is 0 Å². The van der Waals surface area contributed by atoms with E-state index in [9.17, 15) is 8.42 Å². The van der Waals surface area contributed by atoms with Crippen LogP contribution < -0.4 is 9.21 Å². The highest BCUT2D eigenvalue weighted by atomic mass is 32.2. The Kier molecular flexibility index (Phi) is 5.51. The van der Waals surface area contributed by atoms with Crippen LogP contribution in [-0.2, 0) is 16.6 Å². The minimum absolute atomic E-state index is 0.166. The highest BCUT2D eigenvalue weighted by Crippen LogP contribution is 2.24. The van der Waals surface area contributed by atoms with Crippen molar-refractivity contribution in [2.24, 2.45) is 0 Å². The van der Waals surface area contributed by atoms with Crippen LogP contribution in [0.3, 0.4) is 0 Å². The second-order valence-corrected chi connectivity index (χ2v) is 8.09. The molecule has 142 valence electrons. The average Bonchev–Trinajstić information content (AvgIpc) is 3.08. The molecule has 0 saturated carbocycles. The second kappa shape index (κ2) is 7.84. The highest BCUT2D eigenvalue weighted by molar-refractivity contribution is 7.92. The number of rotatable bonds is 7. The Bertz CT molecular complexity index is 983. The zero-order valence-electron chi connectivity index (χ0n) is 15.7. The van der Waals surface area contributed by atoms with Crippen LogP contribution >= 0.6 is 0 Å². The lowest BCUT2D eigenvalue weighted by Crippen LogP contribution is -2.30. The molecule has 0 unspecified atom stereocenters. The van der Waals surface area contributed by atoms with Crippen molar-refractivity contribution >= 4 is 21.5 Å². The van der Waals surface area contributed by atoms with Crippen molar-refractivity contribution in [3.8, 4) is 0 Å². The van der Waals surface area contributed by atoms with Gasteiger partial charge in [-0.3, -0.25) is 4.31 Å². The molecule has 0 aliphatic rings. The van der Waals surface area contributed by atoms with Crippen LogP contribution in [-0.4, -0.2) is 27.0 Å². The van der Waals surface area contributed by atoms with Gasteiger partial charge in [-0.05, 0) is 50.2 Å². The Morgan fingerprint density at radius 1 is 1.04 bits per heavy atom. The number of benzene rings is 1. The Morgan fingerprint density at radius 2 is 1.78 bits per heavy atom. The largest absolute Gasteiger partial charge is 0.464 e. The third-order valence-electron chi connectivity index (χ3n) is 4.22. The SMILES string of the molecule is CCN(c1ccccc1)S(=O)(=O)c1ccc(N(C)Cc2ccc(C)o2)nc1. The van der Waals surface area contributed by atoms with Gasteiger partial charge >= 0.3 is 0 Å². The number of hydrogen-bond donors (Lipinski definition) is 0. The molecule has 0 aliphatic heterocycles. The number of sulfonamides is 1. The maximum absolute atomic E-state index is 13.0. The molecule has 7 heteroatoms. The maximum atomic E-state index is 13.0. The summed E-state index contributed by atoms with van der Waals surface area (Å²) in [5, 5.41) is 0. The van der Waals surface area contributed by atoms with Crippen molar-refractivity contribution in [1.82, 2.24) is 4.98 Å². The van der Waals surface area contributed by atoms with E-state index in [1.165, 1.54) is 10.5 Å². The molecule has 0 atom stereocenters. The van der Waals surface area contributed by atoms with Crippen molar-refractivity contribution in [2.45, 2.75) is 25.3 Å². The topological polar surface area (TPSA) is 66.7 Å². The summed E-state index contributed by atoms with van der Waals surface area (Å²) in [6.07, 6.45) is 1.40. The van der Waals surface area contributed by atoms with Gasteiger partial charge in [0, 0.05) is 19.8 Å². The molecule has 0 N–H and O–H groups in total. The van der Waals surface area contributed by atoms with E-state index < -0.39 is 10.0 Å². The third-order valence-corrected chi connectivity index (χ3v) is 6.11. The van der Waals surface area contributed by atoms with Gasteiger partial charge in [0.1, 0.15) is 22.2 Å². The lowest BCUT2D eigenvalue weighted by atomic mass is 10.3. The van der Waals surface area contributed by atoms with Gasteiger partial charge in [-0.25, -0.2) is 13.4 Å². The average molecular weight is 385 g/mol. The molecule has 3 aromatic rings. The molecule has 1 aromatic carbocycles. The number of para-hydroxylation sites is 1. The van der Waals surface area contributed by atoms with Gasteiger partial charge in [-0.1, -0.05) is 18.2 Å². The zero-order valence-corrected chi connectivity index (χ0v) is 16.5. The fraction of sp³-hybridized carbons (Fsp3) is 0.250. The number of furan rings is 1. The van der Waals surface area contributed by atoms with Crippen LogP contribution in [0.5, 0.6) is 0 Å². The monoisotopic (exact) mass is 385 g/mol. The van der Waals surface area contributed by atoms with E-state index >= 15 is 0 Å². The number of anilines is 2. The van der Waals surface area contributed by atoms with Crippen molar-refractivity contribution in [1.29, 1.82) is 0 Å². The minimum atomic E-state index is -3.67. The van der Waals surface area contributed by atoms with Gasteiger partial charge < -0.3 is 9.32 Å². The summed E-state index contributed by atoms with van der Waals surface area (Å²) in [5.41, 5.74) is 0.634. The summed E-state index contributed by atoms with van der Waals surface area (Å²) >= 11 is 0. The van der Waals surface area contributed by atoms with Crippen LogP contribution in [0.2, 0.25) is 0 Å². The van der Waals surface area contributed by atoms with E-state index in [0.717, 1.165) is 11.5 Å². The molecule has 0 spiro atoms. The molecule has 0 radical (unpaired) electrons. The molecule has 0 saturated heterocycles. The van der Waals surface area contributed by atoms with Gasteiger partial charge in [0.25, 0.3) is 10.0 Å². The first-order valence-corrected chi connectivity index (χ1v) is 10.2. The van der Waals surface area contributed by atoms with Gasteiger partial charge in [-0.15, -0.1) is 0 Å². The molecular weight excluding hydrogens is 362 g/mol. The number of nitrogens with zero attached hydrogens (tertiary/aromatic N) is 3. The summed E-state index contributed by atoms with van der Waals surface area (Å²) in [6.45, 7) is 4.60. The molecular formula is C20H23N3O3S. The van der Waals surface area contributed by atoms with Crippen LogP contribution in [0.15, 0.2) is 70.1 Å². The van der Waals surface area contributed by atoms with Crippen molar-refractivity contribution in [2.75, 3.05) is 22.8 Å². The number of pyridine rings is 1. The summed E-state index contributed by atoms with van der Waals surface area (Å²) in [4.78, 5) is 6.41. The maximum Gasteiger partial charge on any atom is 0.265 e. The smallest absolute Gasteiger partial charge is 0.265 e. The normalized spacial score (nSPS) is 11.4. The highest BCUT2D eigenvalue weighted by Gasteiger charge is 2.24. The van der Waals surface area contributed by atoms with Crippen LogP contribution in [0.1, 0.15) is 18.4 Å². The molecule has 0 amide bonds. The fourth-order valence-corrected chi connectivity index (χ4v) is 4.27. The first kappa shape index (κ1) is 19.0. The molecule has 3 rings (SSSR count). The third kappa shape index (κ3) is 4.14. The Morgan fingerprint density at radius 3 is 2.33 bits per heavy atom. The van der Waals surface area contributed by atoms with E-state index in [1.807, 2.05) is 56.1 Å². The predicted octanol–water partition coefficient (Wildman–Crippen LogP) is 3.83.